The maximum absolute atomic E-state index is 11.7. The Morgan fingerprint density at radius 2 is 2.17 bits per heavy atom. The molecule has 1 aromatic heterocycles. The lowest BCUT2D eigenvalue weighted by Gasteiger charge is -2.06. The molecule has 6 nitrogen and oxygen atoms in total. The number of aromatic nitrogens is 3. The summed E-state index contributed by atoms with van der Waals surface area (Å²) in [6.07, 6.45) is 0.629. The molecule has 0 fully saturated rings. The zero-order chi connectivity index (χ0) is 13.0. The van der Waals surface area contributed by atoms with Crippen LogP contribution in [0.5, 0.6) is 5.75 Å². The molecule has 0 unspecified atom stereocenters. The van der Waals surface area contributed by atoms with Crippen molar-refractivity contribution in [3.05, 3.63) is 29.2 Å². The second-order valence-corrected chi connectivity index (χ2v) is 3.75. The zero-order valence-corrected chi connectivity index (χ0v) is 10.4. The Morgan fingerprint density at radius 3 is 2.89 bits per heavy atom. The van der Waals surface area contributed by atoms with E-state index in [2.05, 4.69) is 10.1 Å². The Bertz CT molecular complexity index is 545. The van der Waals surface area contributed by atoms with Crippen LogP contribution in [-0.2, 0) is 11.2 Å². The fourth-order valence-electron chi connectivity index (χ4n) is 1.55. The number of ether oxygens (including phenoxy) is 2. The van der Waals surface area contributed by atoms with Gasteiger partial charge in [-0.3, -0.25) is 0 Å². The van der Waals surface area contributed by atoms with Gasteiger partial charge in [0, 0.05) is 18.6 Å². The maximum Gasteiger partial charge on any atom is 0.274 e. The molecule has 2 aromatic rings. The highest BCUT2D eigenvalue weighted by molar-refractivity contribution is 5.72. The summed E-state index contributed by atoms with van der Waals surface area (Å²) in [5.41, 5.74) is 1.03. The summed E-state index contributed by atoms with van der Waals surface area (Å²) in [7, 11) is 1.61. The van der Waals surface area contributed by atoms with E-state index in [-0.39, 0.29) is 0 Å². The van der Waals surface area contributed by atoms with Crippen molar-refractivity contribution in [1.82, 2.24) is 10.1 Å². The summed E-state index contributed by atoms with van der Waals surface area (Å²) in [5, 5.41) is 15.6. The van der Waals surface area contributed by atoms with Crippen LogP contribution >= 0.6 is 0 Å². The summed E-state index contributed by atoms with van der Waals surface area (Å²) >= 11 is 0. The van der Waals surface area contributed by atoms with Crippen molar-refractivity contribution in [2.45, 2.75) is 13.3 Å². The van der Waals surface area contributed by atoms with E-state index in [9.17, 15) is 5.21 Å². The summed E-state index contributed by atoms with van der Waals surface area (Å²) in [6, 6.07) is 5.18. The van der Waals surface area contributed by atoms with Gasteiger partial charge in [-0.2, -0.15) is 0 Å². The van der Waals surface area contributed by atoms with Crippen molar-refractivity contribution in [3.8, 4) is 5.75 Å². The van der Waals surface area contributed by atoms with Gasteiger partial charge >= 0.3 is 0 Å². The monoisotopic (exact) mass is 249 g/mol. The van der Waals surface area contributed by atoms with Crippen LogP contribution in [0.15, 0.2) is 18.2 Å². The highest BCUT2D eigenvalue weighted by atomic mass is 16.5. The minimum Gasteiger partial charge on any atom is -0.594 e. The van der Waals surface area contributed by atoms with E-state index in [4.69, 9.17) is 9.47 Å². The summed E-state index contributed by atoms with van der Waals surface area (Å²) in [6.45, 7) is 2.85. The Morgan fingerprint density at radius 1 is 1.33 bits per heavy atom. The lowest BCUT2D eigenvalue weighted by molar-refractivity contribution is -0.644. The highest BCUT2D eigenvalue weighted by Crippen LogP contribution is 2.16. The number of rotatable bonds is 5. The average Bonchev–Trinajstić information content (AvgIpc) is 2.39. The van der Waals surface area contributed by atoms with Crippen molar-refractivity contribution < 1.29 is 14.3 Å². The Hall–Kier alpha value is -1.95. The lowest BCUT2D eigenvalue weighted by Crippen LogP contribution is -2.33. The molecule has 2 rings (SSSR count). The molecule has 0 saturated heterocycles. The van der Waals surface area contributed by atoms with Gasteiger partial charge < -0.3 is 14.7 Å². The van der Waals surface area contributed by atoms with Gasteiger partial charge in [-0.1, -0.05) is 6.92 Å². The van der Waals surface area contributed by atoms with Crippen LogP contribution in [0.25, 0.3) is 11.0 Å². The predicted octanol–water partition coefficient (Wildman–Crippen LogP) is 0.851. The molecule has 0 aliphatic carbocycles. The quantitative estimate of drug-likeness (QED) is 0.446. The largest absolute Gasteiger partial charge is 0.594 e. The summed E-state index contributed by atoms with van der Waals surface area (Å²) in [5.74, 6) is 1.14. The third kappa shape index (κ3) is 2.65. The fraction of sp³-hybridized carbons (Fsp3) is 0.417. The van der Waals surface area contributed by atoms with Crippen LogP contribution in [0.1, 0.15) is 12.7 Å². The van der Waals surface area contributed by atoms with Crippen molar-refractivity contribution in [2.24, 2.45) is 0 Å². The molecule has 1 heterocycles. The molecule has 0 atom stereocenters. The average molecular weight is 249 g/mol. The van der Waals surface area contributed by atoms with Gasteiger partial charge in [-0.25, -0.2) is 4.98 Å². The number of fused-ring (bicyclic) bond motifs is 1. The van der Waals surface area contributed by atoms with Gasteiger partial charge in [0.05, 0.1) is 12.7 Å². The van der Waals surface area contributed by atoms with Gasteiger partial charge in [-0.15, -0.1) is 0 Å². The first-order valence-corrected chi connectivity index (χ1v) is 5.77. The van der Waals surface area contributed by atoms with Gasteiger partial charge in [0.15, 0.2) is 5.82 Å². The standard InChI is InChI=1S/C12H15N3O3/c1-3-12-13-10-5-4-9(18-7-6-17-2)8-11(10)15(16)14-12/h4-5,8H,3,6-7H2,1-2H3. The van der Waals surface area contributed by atoms with Crippen LogP contribution in [0.3, 0.4) is 0 Å². The number of hydrogen-bond donors (Lipinski definition) is 0. The molecule has 0 aliphatic rings. The normalized spacial score (nSPS) is 10.8. The van der Waals surface area contributed by atoms with Crippen molar-refractivity contribution in [1.29, 1.82) is 0 Å². The van der Waals surface area contributed by atoms with Crippen LogP contribution in [0, 0.1) is 5.21 Å². The lowest BCUT2D eigenvalue weighted by atomic mass is 10.3. The van der Waals surface area contributed by atoms with Gasteiger partial charge in [0.25, 0.3) is 5.52 Å². The molecular formula is C12H15N3O3. The molecule has 0 saturated carbocycles. The van der Waals surface area contributed by atoms with Gasteiger partial charge in [-0.05, 0) is 17.0 Å². The maximum atomic E-state index is 11.7. The van der Waals surface area contributed by atoms with E-state index < -0.39 is 0 Å². The second kappa shape index (κ2) is 5.59. The molecule has 6 heteroatoms. The predicted molar refractivity (Wildman–Crippen MR) is 65.2 cm³/mol. The molecule has 0 radical (unpaired) electrons. The van der Waals surface area contributed by atoms with Crippen LogP contribution < -0.4 is 9.58 Å². The molecule has 18 heavy (non-hydrogen) atoms. The number of methoxy groups -OCH3 is 1. The molecule has 0 bridgehead atoms. The highest BCUT2D eigenvalue weighted by Gasteiger charge is 2.11. The SMILES string of the molecule is CCc1nc2ccc(OCCOC)cc2[n+]([O-])n1. The molecule has 0 aliphatic heterocycles. The van der Waals surface area contributed by atoms with E-state index in [1.54, 1.807) is 25.3 Å². The van der Waals surface area contributed by atoms with Crippen molar-refractivity contribution >= 4 is 11.0 Å². The number of hydrogen-bond acceptors (Lipinski definition) is 5. The minimum absolute atomic E-state index is 0.405. The summed E-state index contributed by atoms with van der Waals surface area (Å²) < 4.78 is 10.3. The van der Waals surface area contributed by atoms with E-state index in [1.807, 2.05) is 6.92 Å². The fourth-order valence-corrected chi connectivity index (χ4v) is 1.55. The van der Waals surface area contributed by atoms with E-state index in [0.29, 0.717) is 47.1 Å². The molecule has 0 amide bonds. The van der Waals surface area contributed by atoms with Crippen LogP contribution in [0.4, 0.5) is 0 Å². The number of benzene rings is 1. The molecular weight excluding hydrogens is 234 g/mol. The first-order valence-electron chi connectivity index (χ1n) is 5.77. The van der Waals surface area contributed by atoms with Gasteiger partial charge in [0.2, 0.25) is 0 Å². The smallest absolute Gasteiger partial charge is 0.274 e. The van der Waals surface area contributed by atoms with Crippen molar-refractivity contribution in [2.75, 3.05) is 20.3 Å². The molecule has 0 spiro atoms. The Balaban J connectivity index is 2.30. The van der Waals surface area contributed by atoms with E-state index >= 15 is 0 Å². The summed E-state index contributed by atoms with van der Waals surface area (Å²) in [4.78, 5) is 4.87. The van der Waals surface area contributed by atoms with Crippen molar-refractivity contribution in [3.63, 3.8) is 0 Å². The molecule has 0 N–H and O–H groups in total. The van der Waals surface area contributed by atoms with E-state index in [0.717, 1.165) is 0 Å². The third-order valence-electron chi connectivity index (χ3n) is 2.48. The zero-order valence-electron chi connectivity index (χ0n) is 10.4. The topological polar surface area (TPSA) is 71.2 Å². The first kappa shape index (κ1) is 12.5. The number of aryl methyl sites for hydroxylation is 1. The third-order valence-corrected chi connectivity index (χ3v) is 2.48. The molecule has 96 valence electrons. The minimum atomic E-state index is 0.405. The van der Waals surface area contributed by atoms with E-state index in [1.165, 1.54) is 0 Å². The number of nitrogens with zero attached hydrogens (tertiary/aromatic N) is 3. The molecule has 1 aromatic carbocycles. The Kier molecular flexibility index (Phi) is 3.88. The Labute approximate surface area is 105 Å². The van der Waals surface area contributed by atoms with Gasteiger partial charge in [0.1, 0.15) is 17.9 Å². The van der Waals surface area contributed by atoms with Crippen LogP contribution in [0.2, 0.25) is 0 Å². The van der Waals surface area contributed by atoms with Crippen LogP contribution in [-0.4, -0.2) is 30.4 Å². The second-order valence-electron chi connectivity index (χ2n) is 3.75. The first-order chi connectivity index (χ1) is 8.74.